The number of hydrogen-bond acceptors (Lipinski definition) is 10. The summed E-state index contributed by atoms with van der Waals surface area (Å²) < 4.78 is 23.7. The number of ether oxygens (including phenoxy) is 4. The molecule has 9 nitrogen and oxygen atoms in total. The number of nitrogens with zero attached hydrogens (tertiary/aromatic N) is 1. The number of unbranched alkanes of at least 4 members (excludes halogenated alkanes) is 6. The van der Waals surface area contributed by atoms with Gasteiger partial charge in [0.15, 0.2) is 5.78 Å². The molecule has 0 saturated heterocycles. The molecular formula is C44H53NO8S. The van der Waals surface area contributed by atoms with E-state index < -0.39 is 11.9 Å². The number of hydrogen-bond donors (Lipinski definition) is 0. The molecule has 54 heavy (non-hydrogen) atoms. The van der Waals surface area contributed by atoms with Gasteiger partial charge >= 0.3 is 17.9 Å². The molecule has 0 aliphatic rings. The molecule has 0 bridgehead atoms. The third-order valence-corrected chi connectivity index (χ3v) is 9.86. The first-order valence-electron chi connectivity index (χ1n) is 19.4. The molecule has 0 amide bonds. The second kappa shape index (κ2) is 22.4. The molecule has 0 aliphatic carbocycles. The van der Waals surface area contributed by atoms with Crippen molar-refractivity contribution in [2.45, 2.75) is 111 Å². The lowest BCUT2D eigenvalue weighted by Crippen LogP contribution is -2.10. The smallest absolute Gasteiger partial charge is 0.311 e. The minimum absolute atomic E-state index is 0.146. The van der Waals surface area contributed by atoms with Crippen LogP contribution in [-0.4, -0.2) is 43.1 Å². The summed E-state index contributed by atoms with van der Waals surface area (Å²) in [4.78, 5) is 57.7. The average Bonchev–Trinajstić information content (AvgIpc) is 3.56. The maximum atomic E-state index is 14.6. The third-order valence-electron chi connectivity index (χ3n) is 8.67. The average molecular weight is 756 g/mol. The van der Waals surface area contributed by atoms with Crippen molar-refractivity contribution in [2.24, 2.45) is 4.99 Å². The minimum atomic E-state index is -0.445. The van der Waals surface area contributed by atoms with Crippen LogP contribution in [0.1, 0.15) is 127 Å². The Balaban J connectivity index is 1.73. The molecule has 0 radical (unpaired) electrons. The number of thiophene rings is 1. The highest BCUT2D eigenvalue weighted by Crippen LogP contribution is 2.46. The zero-order chi connectivity index (χ0) is 38.7. The van der Waals surface area contributed by atoms with Crippen molar-refractivity contribution >= 4 is 51.3 Å². The molecule has 3 aromatic carbocycles. The van der Waals surface area contributed by atoms with Crippen molar-refractivity contribution in [3.8, 4) is 33.4 Å². The predicted octanol–water partition coefficient (Wildman–Crippen LogP) is 11.1. The van der Waals surface area contributed by atoms with Gasteiger partial charge in [-0.15, -0.1) is 11.3 Å². The lowest BCUT2D eigenvalue weighted by molar-refractivity contribution is -0.135. The highest BCUT2D eigenvalue weighted by atomic mass is 32.1. The van der Waals surface area contributed by atoms with Crippen molar-refractivity contribution in [1.29, 1.82) is 0 Å². The normalized spacial score (nSPS) is 11.2. The summed E-state index contributed by atoms with van der Waals surface area (Å²) in [6.07, 6.45) is 11.8. The van der Waals surface area contributed by atoms with E-state index in [0.717, 1.165) is 38.6 Å². The first-order valence-corrected chi connectivity index (χ1v) is 20.2. The molecule has 0 saturated carbocycles. The van der Waals surface area contributed by atoms with Crippen LogP contribution in [0.25, 0.3) is 20.5 Å². The second-order valence-electron chi connectivity index (χ2n) is 13.2. The second-order valence-corrected chi connectivity index (χ2v) is 14.2. The van der Waals surface area contributed by atoms with Crippen LogP contribution in [0.2, 0.25) is 0 Å². The Kier molecular flexibility index (Phi) is 17.4. The maximum absolute atomic E-state index is 14.6. The summed E-state index contributed by atoms with van der Waals surface area (Å²) in [5.41, 5.74) is 1.45. The van der Waals surface area contributed by atoms with Gasteiger partial charge in [0.05, 0.1) is 5.56 Å². The van der Waals surface area contributed by atoms with Crippen molar-refractivity contribution < 1.29 is 38.1 Å². The van der Waals surface area contributed by atoms with Gasteiger partial charge in [0, 0.05) is 58.6 Å². The summed E-state index contributed by atoms with van der Waals surface area (Å²) in [6, 6.07) is 17.1. The van der Waals surface area contributed by atoms with Gasteiger partial charge in [-0.25, -0.2) is 0 Å². The Labute approximate surface area is 323 Å². The molecule has 1 heterocycles. The largest absolute Gasteiger partial charge is 0.488 e. The Morgan fingerprint density at radius 3 is 1.81 bits per heavy atom. The number of carbonyl (C=O) groups is 4. The van der Waals surface area contributed by atoms with Crippen LogP contribution in [-0.2, 0) is 14.4 Å². The molecule has 0 N–H and O–H groups in total. The predicted molar refractivity (Wildman–Crippen MR) is 216 cm³/mol. The highest BCUT2D eigenvalue weighted by Gasteiger charge is 2.27. The molecule has 0 fully saturated rings. The van der Waals surface area contributed by atoms with Crippen LogP contribution >= 0.6 is 11.3 Å². The van der Waals surface area contributed by atoms with Crippen LogP contribution in [0.15, 0.2) is 65.7 Å². The van der Waals surface area contributed by atoms with Gasteiger partial charge in [-0.3, -0.25) is 24.2 Å². The van der Waals surface area contributed by atoms with Gasteiger partial charge in [0.25, 0.3) is 0 Å². The van der Waals surface area contributed by atoms with Gasteiger partial charge in [-0.05, 0) is 85.8 Å². The topological polar surface area (TPSA) is 118 Å². The number of ketones is 1. The van der Waals surface area contributed by atoms with Gasteiger partial charge in [0.2, 0.25) is 0 Å². The molecular weight excluding hydrogens is 703 g/mol. The number of rotatable bonds is 23. The lowest BCUT2D eigenvalue weighted by Gasteiger charge is -2.12. The number of carbonyl (C=O) groups excluding carboxylic acids is 4. The standard InChI is InChI=1S/C44H53NO8S/c1-5-9-13-14-26-45-27-28-50-33-22-18-31(19-23-33)43(49)42-41-36(53-40(48)17-12-8-4)29-35(52-39(47)16-11-7-3)30-37(41)54-44(42)32-20-24-34(25-21-32)51-38(46)15-10-6-2/h18-25,27,29-30H,5-17,26,28H2,1-4H3. The van der Waals surface area contributed by atoms with Gasteiger partial charge in [-0.1, -0.05) is 66.2 Å². The zero-order valence-electron chi connectivity index (χ0n) is 32.1. The monoisotopic (exact) mass is 755 g/mol. The fourth-order valence-corrected chi connectivity index (χ4v) is 6.91. The maximum Gasteiger partial charge on any atom is 0.311 e. The van der Waals surface area contributed by atoms with E-state index in [9.17, 15) is 19.2 Å². The summed E-state index contributed by atoms with van der Waals surface area (Å²) in [5.74, 6) is -0.0512. The molecule has 0 aliphatic heterocycles. The summed E-state index contributed by atoms with van der Waals surface area (Å²) in [7, 11) is 0. The van der Waals surface area contributed by atoms with Crippen LogP contribution in [0.3, 0.4) is 0 Å². The van der Waals surface area contributed by atoms with Crippen LogP contribution in [0.4, 0.5) is 0 Å². The van der Waals surface area contributed by atoms with E-state index in [2.05, 4.69) is 11.9 Å². The van der Waals surface area contributed by atoms with Crippen molar-refractivity contribution in [3.63, 3.8) is 0 Å². The van der Waals surface area contributed by atoms with E-state index in [0.29, 0.717) is 69.0 Å². The van der Waals surface area contributed by atoms with Crippen molar-refractivity contribution in [1.82, 2.24) is 0 Å². The van der Waals surface area contributed by atoms with Gasteiger partial charge < -0.3 is 18.9 Å². The number of fused-ring (bicyclic) bond motifs is 1. The van der Waals surface area contributed by atoms with E-state index in [1.54, 1.807) is 60.8 Å². The van der Waals surface area contributed by atoms with Gasteiger partial charge in [0.1, 0.15) is 29.6 Å². The Morgan fingerprint density at radius 1 is 0.630 bits per heavy atom. The van der Waals surface area contributed by atoms with Gasteiger partial charge in [-0.2, -0.15) is 0 Å². The fraction of sp³-hybridized carbons (Fsp3) is 0.432. The molecule has 4 aromatic rings. The fourth-order valence-electron chi connectivity index (χ4n) is 5.66. The SMILES string of the molecule is CCCCCCN=CCOc1ccc(C(=O)c2c(-c3ccc(OC(=O)CCCC)cc3)sc3cc(OC(=O)CCCC)cc(OC(=O)CCCC)c23)cc1. The Morgan fingerprint density at radius 2 is 1.20 bits per heavy atom. The van der Waals surface area contributed by atoms with Crippen molar-refractivity contribution in [3.05, 3.63) is 71.8 Å². The lowest BCUT2D eigenvalue weighted by atomic mass is 9.97. The van der Waals surface area contributed by atoms with Crippen LogP contribution < -0.4 is 18.9 Å². The van der Waals surface area contributed by atoms with Crippen LogP contribution in [0.5, 0.6) is 23.0 Å². The third kappa shape index (κ3) is 12.6. The first-order chi connectivity index (χ1) is 26.3. The first kappa shape index (κ1) is 41.9. The molecule has 0 spiro atoms. The van der Waals surface area contributed by atoms with Crippen LogP contribution in [0, 0.1) is 0 Å². The molecule has 10 heteroatoms. The Hall–Kier alpha value is -4.83. The zero-order valence-corrected chi connectivity index (χ0v) is 32.9. The Bertz CT molecular complexity index is 1860. The number of esters is 3. The van der Waals surface area contributed by atoms with E-state index in [4.69, 9.17) is 18.9 Å². The summed E-state index contributed by atoms with van der Waals surface area (Å²) >= 11 is 1.32. The van der Waals surface area contributed by atoms with E-state index >= 15 is 0 Å². The van der Waals surface area contributed by atoms with E-state index in [1.807, 2.05) is 20.8 Å². The number of aliphatic imine (C=N–C) groups is 1. The van der Waals surface area contributed by atoms with E-state index in [-0.39, 0.29) is 36.1 Å². The minimum Gasteiger partial charge on any atom is -0.488 e. The molecule has 0 unspecified atom stereocenters. The van der Waals surface area contributed by atoms with E-state index in [1.165, 1.54) is 36.7 Å². The summed E-state index contributed by atoms with van der Waals surface area (Å²) in [6.45, 7) is 9.27. The molecule has 288 valence electrons. The van der Waals surface area contributed by atoms with Crippen molar-refractivity contribution in [2.75, 3.05) is 13.2 Å². The molecule has 0 atom stereocenters. The molecule has 1 aromatic heterocycles. The quantitative estimate of drug-likeness (QED) is 0.0241. The highest BCUT2D eigenvalue weighted by molar-refractivity contribution is 7.23. The number of benzene rings is 3. The molecule has 4 rings (SSSR count). The summed E-state index contributed by atoms with van der Waals surface area (Å²) in [5, 5.41) is 0.448.